The van der Waals surface area contributed by atoms with E-state index in [0.717, 1.165) is 11.1 Å². The lowest BCUT2D eigenvalue weighted by Gasteiger charge is -2.31. The highest BCUT2D eigenvalue weighted by molar-refractivity contribution is 5.80. The lowest BCUT2D eigenvalue weighted by atomic mass is 9.95. The maximum Gasteiger partial charge on any atom is 0.227 e. The second-order valence-corrected chi connectivity index (χ2v) is 7.74. The standard InChI is InChI=1S/C24H26N4O3/c29-22(12-11-21-26-23(27-31-21)19-9-5-2-6-10-19)28-15-13-20(14-16-28)24(30)25-17-18-7-3-1-4-8-18/h1-10,20H,11-17H2,(H,25,30). The molecule has 1 aliphatic rings. The Kier molecular flexibility index (Phi) is 6.72. The fourth-order valence-corrected chi connectivity index (χ4v) is 3.75. The van der Waals surface area contributed by atoms with Gasteiger partial charge in [-0.2, -0.15) is 4.98 Å². The van der Waals surface area contributed by atoms with Gasteiger partial charge in [0.1, 0.15) is 0 Å². The molecule has 7 heteroatoms. The molecule has 0 saturated carbocycles. The van der Waals surface area contributed by atoms with Crippen LogP contribution in [0.1, 0.15) is 30.7 Å². The third kappa shape index (κ3) is 5.57. The van der Waals surface area contributed by atoms with Crippen LogP contribution in [-0.4, -0.2) is 39.9 Å². The maximum atomic E-state index is 12.6. The van der Waals surface area contributed by atoms with Crippen molar-refractivity contribution in [3.05, 3.63) is 72.1 Å². The fraction of sp³-hybridized carbons (Fsp3) is 0.333. The summed E-state index contributed by atoms with van der Waals surface area (Å²) >= 11 is 0. The first-order valence-corrected chi connectivity index (χ1v) is 10.7. The van der Waals surface area contributed by atoms with Crippen molar-refractivity contribution in [3.63, 3.8) is 0 Å². The number of carbonyl (C=O) groups excluding carboxylic acids is 2. The van der Waals surface area contributed by atoms with Gasteiger partial charge in [0.15, 0.2) is 0 Å². The van der Waals surface area contributed by atoms with E-state index in [1.807, 2.05) is 65.6 Å². The molecule has 0 unspecified atom stereocenters. The molecule has 0 radical (unpaired) electrons. The van der Waals surface area contributed by atoms with Crippen LogP contribution in [0, 0.1) is 5.92 Å². The van der Waals surface area contributed by atoms with Gasteiger partial charge in [0, 0.05) is 44.0 Å². The summed E-state index contributed by atoms with van der Waals surface area (Å²) in [6, 6.07) is 19.5. The predicted molar refractivity (Wildman–Crippen MR) is 116 cm³/mol. The van der Waals surface area contributed by atoms with E-state index < -0.39 is 0 Å². The molecule has 2 heterocycles. The number of hydrogen-bond acceptors (Lipinski definition) is 5. The third-order valence-electron chi connectivity index (χ3n) is 5.58. The van der Waals surface area contributed by atoms with E-state index in [-0.39, 0.29) is 17.7 Å². The van der Waals surface area contributed by atoms with Crippen LogP contribution < -0.4 is 5.32 Å². The molecule has 1 N–H and O–H groups in total. The Bertz CT molecular complexity index is 996. The molecule has 1 aromatic heterocycles. The van der Waals surface area contributed by atoms with Crippen LogP contribution in [0.5, 0.6) is 0 Å². The summed E-state index contributed by atoms with van der Waals surface area (Å²) in [6.07, 6.45) is 2.10. The Labute approximate surface area is 181 Å². The topological polar surface area (TPSA) is 88.3 Å². The molecular formula is C24H26N4O3. The number of amides is 2. The van der Waals surface area contributed by atoms with Gasteiger partial charge in [-0.15, -0.1) is 0 Å². The smallest absolute Gasteiger partial charge is 0.227 e. The molecule has 0 atom stereocenters. The molecule has 2 aromatic carbocycles. The summed E-state index contributed by atoms with van der Waals surface area (Å²) in [5, 5.41) is 7.00. The Morgan fingerprint density at radius 3 is 2.39 bits per heavy atom. The van der Waals surface area contributed by atoms with Gasteiger partial charge in [0.25, 0.3) is 0 Å². The predicted octanol–water partition coefficient (Wildman–Crippen LogP) is 3.22. The monoisotopic (exact) mass is 418 g/mol. The van der Waals surface area contributed by atoms with Crippen molar-refractivity contribution < 1.29 is 14.1 Å². The molecule has 1 fully saturated rings. The molecule has 1 aliphatic heterocycles. The Morgan fingerprint density at radius 2 is 1.68 bits per heavy atom. The molecule has 3 aromatic rings. The molecule has 0 spiro atoms. The molecule has 31 heavy (non-hydrogen) atoms. The van der Waals surface area contributed by atoms with Crippen molar-refractivity contribution >= 4 is 11.8 Å². The van der Waals surface area contributed by atoms with Gasteiger partial charge >= 0.3 is 0 Å². The zero-order valence-corrected chi connectivity index (χ0v) is 17.4. The SMILES string of the molecule is O=C(NCc1ccccc1)C1CCN(C(=O)CCc2nc(-c3ccccc3)no2)CC1. The van der Waals surface area contributed by atoms with Gasteiger partial charge in [0.2, 0.25) is 23.5 Å². The lowest BCUT2D eigenvalue weighted by Crippen LogP contribution is -2.43. The summed E-state index contributed by atoms with van der Waals surface area (Å²) < 4.78 is 5.28. The first kappa shape index (κ1) is 20.8. The number of aryl methyl sites for hydroxylation is 1. The van der Waals surface area contributed by atoms with Crippen LogP contribution >= 0.6 is 0 Å². The molecular weight excluding hydrogens is 392 g/mol. The first-order valence-electron chi connectivity index (χ1n) is 10.7. The second kappa shape index (κ2) is 10.0. The zero-order valence-electron chi connectivity index (χ0n) is 17.4. The van der Waals surface area contributed by atoms with Gasteiger partial charge in [-0.1, -0.05) is 65.8 Å². The minimum Gasteiger partial charge on any atom is -0.352 e. The number of likely N-dealkylation sites (tertiary alicyclic amines) is 1. The number of carbonyl (C=O) groups is 2. The van der Waals surface area contributed by atoms with Crippen LogP contribution in [0.4, 0.5) is 0 Å². The van der Waals surface area contributed by atoms with E-state index in [9.17, 15) is 9.59 Å². The number of nitrogens with zero attached hydrogens (tertiary/aromatic N) is 3. The van der Waals surface area contributed by atoms with Crippen molar-refractivity contribution in [2.24, 2.45) is 5.92 Å². The number of rotatable bonds is 7. The van der Waals surface area contributed by atoms with E-state index in [2.05, 4.69) is 15.5 Å². The van der Waals surface area contributed by atoms with Crippen LogP contribution in [0.3, 0.4) is 0 Å². The summed E-state index contributed by atoms with van der Waals surface area (Å²) in [5.41, 5.74) is 1.97. The van der Waals surface area contributed by atoms with Gasteiger partial charge in [0.05, 0.1) is 0 Å². The molecule has 0 aliphatic carbocycles. The molecule has 2 amide bonds. The number of piperidine rings is 1. The first-order chi connectivity index (χ1) is 15.2. The summed E-state index contributed by atoms with van der Waals surface area (Å²) in [5.74, 6) is 1.07. The molecule has 0 bridgehead atoms. The molecule has 4 rings (SSSR count). The highest BCUT2D eigenvalue weighted by Gasteiger charge is 2.27. The van der Waals surface area contributed by atoms with Gasteiger partial charge in [-0.05, 0) is 18.4 Å². The van der Waals surface area contributed by atoms with Gasteiger partial charge in [-0.3, -0.25) is 9.59 Å². The Morgan fingerprint density at radius 1 is 1.00 bits per heavy atom. The molecule has 7 nitrogen and oxygen atoms in total. The van der Waals surface area contributed by atoms with Gasteiger partial charge < -0.3 is 14.7 Å². The van der Waals surface area contributed by atoms with Crippen molar-refractivity contribution in [2.75, 3.05) is 13.1 Å². The van der Waals surface area contributed by atoms with Crippen LogP contribution in [0.25, 0.3) is 11.4 Å². The van der Waals surface area contributed by atoms with Crippen LogP contribution in [0.2, 0.25) is 0 Å². The molecule has 1 saturated heterocycles. The largest absolute Gasteiger partial charge is 0.352 e. The van der Waals surface area contributed by atoms with Crippen molar-refractivity contribution in [3.8, 4) is 11.4 Å². The van der Waals surface area contributed by atoms with E-state index in [1.54, 1.807) is 0 Å². The Hall–Kier alpha value is -3.48. The van der Waals surface area contributed by atoms with Crippen molar-refractivity contribution in [1.82, 2.24) is 20.4 Å². The maximum absolute atomic E-state index is 12.6. The number of aromatic nitrogens is 2. The minimum atomic E-state index is -0.0443. The highest BCUT2D eigenvalue weighted by atomic mass is 16.5. The second-order valence-electron chi connectivity index (χ2n) is 7.74. The summed E-state index contributed by atoms with van der Waals surface area (Å²) in [6.45, 7) is 1.73. The van der Waals surface area contributed by atoms with Crippen molar-refractivity contribution in [1.29, 1.82) is 0 Å². The average Bonchev–Trinajstić information content (AvgIpc) is 3.31. The normalized spacial score (nSPS) is 14.4. The van der Waals surface area contributed by atoms with E-state index in [0.29, 0.717) is 57.0 Å². The Balaban J connectivity index is 1.20. The highest BCUT2D eigenvalue weighted by Crippen LogP contribution is 2.19. The van der Waals surface area contributed by atoms with Crippen LogP contribution in [-0.2, 0) is 22.6 Å². The summed E-state index contributed by atoms with van der Waals surface area (Å²) in [7, 11) is 0. The number of hydrogen-bond donors (Lipinski definition) is 1. The van der Waals surface area contributed by atoms with E-state index in [4.69, 9.17) is 4.52 Å². The van der Waals surface area contributed by atoms with Crippen molar-refractivity contribution in [2.45, 2.75) is 32.2 Å². The number of benzene rings is 2. The lowest BCUT2D eigenvalue weighted by molar-refractivity contribution is -0.135. The zero-order chi connectivity index (χ0) is 21.5. The quantitative estimate of drug-likeness (QED) is 0.636. The van der Waals surface area contributed by atoms with E-state index in [1.165, 1.54) is 0 Å². The van der Waals surface area contributed by atoms with E-state index >= 15 is 0 Å². The average molecular weight is 418 g/mol. The third-order valence-corrected chi connectivity index (χ3v) is 5.58. The number of nitrogens with one attached hydrogen (secondary N) is 1. The minimum absolute atomic E-state index is 0.0443. The molecule has 160 valence electrons. The fourth-order valence-electron chi connectivity index (χ4n) is 3.75. The van der Waals surface area contributed by atoms with Crippen LogP contribution in [0.15, 0.2) is 65.2 Å². The summed E-state index contributed by atoms with van der Waals surface area (Å²) in [4.78, 5) is 31.2. The van der Waals surface area contributed by atoms with Gasteiger partial charge in [-0.25, -0.2) is 0 Å².